The Morgan fingerprint density at radius 3 is 1.42 bits per heavy atom. The lowest BCUT2D eigenvalue weighted by Gasteiger charge is -2.23. The van der Waals surface area contributed by atoms with Gasteiger partial charge in [0.2, 0.25) is 0 Å². The van der Waals surface area contributed by atoms with Crippen molar-refractivity contribution in [1.29, 1.82) is 5.26 Å². The Hall–Kier alpha value is -9.77. The van der Waals surface area contributed by atoms with Gasteiger partial charge >= 0.3 is 0 Å². The predicted octanol–water partition coefficient (Wildman–Crippen LogP) is 16.6. The second-order valence-electron chi connectivity index (χ2n) is 21.3. The summed E-state index contributed by atoms with van der Waals surface area (Å²) in [6, 6.07) is 73.2. The van der Waals surface area contributed by atoms with Gasteiger partial charge in [-0.05, 0) is 87.0 Å². The average molecular weight is 974 g/mol. The Kier molecular flexibility index (Phi) is 9.28. The van der Waals surface area contributed by atoms with E-state index in [4.69, 9.17) is 19.9 Å². The van der Waals surface area contributed by atoms with Crippen LogP contribution in [0.25, 0.3) is 123 Å². The van der Waals surface area contributed by atoms with Crippen molar-refractivity contribution in [2.45, 2.75) is 38.5 Å². The van der Waals surface area contributed by atoms with Crippen LogP contribution in [-0.2, 0) is 10.8 Å². The second-order valence-corrected chi connectivity index (χ2v) is 21.3. The molecule has 15 rings (SSSR count). The molecule has 9 aromatic carbocycles. The molecule has 0 saturated carbocycles. The summed E-state index contributed by atoms with van der Waals surface area (Å²) in [5.74, 6) is 1.54. The fourth-order valence-electron chi connectivity index (χ4n) is 13.1. The summed E-state index contributed by atoms with van der Waals surface area (Å²) in [6.07, 6.45) is 3.90. The van der Waals surface area contributed by atoms with Gasteiger partial charge in [-0.25, -0.2) is 15.0 Å². The van der Waals surface area contributed by atoms with Gasteiger partial charge in [-0.15, -0.1) is 0 Å². The highest BCUT2D eigenvalue weighted by atomic mass is 15.0. The highest BCUT2D eigenvalue weighted by molar-refractivity contribution is 6.16. The molecule has 0 fully saturated rings. The van der Waals surface area contributed by atoms with E-state index in [1.807, 2.05) is 79.1 Å². The molecule has 0 unspecified atom stereocenters. The Morgan fingerprint density at radius 1 is 0.395 bits per heavy atom. The van der Waals surface area contributed by atoms with Crippen LogP contribution in [0.1, 0.15) is 55.5 Å². The molecule has 0 N–H and O–H groups in total. The van der Waals surface area contributed by atoms with Crippen LogP contribution >= 0.6 is 0 Å². The number of aromatic nitrogens is 6. The first-order valence-corrected chi connectivity index (χ1v) is 25.9. The first kappa shape index (κ1) is 43.8. The molecule has 2 aliphatic rings. The SMILES string of the molecule is CC1(C)c2ccccc2-c2ccc3c(c21)c1ccccc1n3-c1cncc(-c2cc(-c3nc(-c4ccccc4)nc(-c4ccccc4)n3)cc(C#N)c2-n2c3ccccc3c3c4c(ccc32)-c2ccccc2C4(C)C)c1. The lowest BCUT2D eigenvalue weighted by Crippen LogP contribution is -2.15. The van der Waals surface area contributed by atoms with Crippen LogP contribution < -0.4 is 0 Å². The Morgan fingerprint density at radius 2 is 0.868 bits per heavy atom. The van der Waals surface area contributed by atoms with Gasteiger partial charge in [-0.1, -0.05) is 185 Å². The number of pyridine rings is 1. The molecule has 0 bridgehead atoms. The summed E-state index contributed by atoms with van der Waals surface area (Å²) in [5, 5.41) is 16.5. The van der Waals surface area contributed by atoms with Gasteiger partial charge in [0.1, 0.15) is 6.07 Å². The number of nitrogens with zero attached hydrogens (tertiary/aromatic N) is 7. The zero-order chi connectivity index (χ0) is 51.0. The third-order valence-corrected chi connectivity index (χ3v) is 16.4. The molecular weight excluding hydrogens is 927 g/mol. The molecule has 0 aliphatic heterocycles. The number of hydrogen-bond donors (Lipinski definition) is 0. The van der Waals surface area contributed by atoms with Gasteiger partial charge in [0, 0.05) is 66.4 Å². The summed E-state index contributed by atoms with van der Waals surface area (Å²) < 4.78 is 4.68. The summed E-state index contributed by atoms with van der Waals surface area (Å²) in [4.78, 5) is 20.5. The molecule has 2 aliphatic carbocycles. The van der Waals surface area contributed by atoms with Crippen molar-refractivity contribution in [1.82, 2.24) is 29.1 Å². The first-order valence-electron chi connectivity index (χ1n) is 25.9. The van der Waals surface area contributed by atoms with Crippen molar-refractivity contribution in [3.63, 3.8) is 0 Å². The summed E-state index contributed by atoms with van der Waals surface area (Å²) >= 11 is 0. The summed E-state index contributed by atoms with van der Waals surface area (Å²) in [6.45, 7) is 9.39. The molecule has 4 aromatic heterocycles. The van der Waals surface area contributed by atoms with Crippen LogP contribution in [0.4, 0.5) is 0 Å². The van der Waals surface area contributed by atoms with E-state index < -0.39 is 0 Å². The lowest BCUT2D eigenvalue weighted by molar-refractivity contribution is 0.666. The molecule has 7 nitrogen and oxygen atoms in total. The molecule has 0 saturated heterocycles. The van der Waals surface area contributed by atoms with E-state index >= 15 is 0 Å². The van der Waals surface area contributed by atoms with E-state index in [1.165, 1.54) is 60.7 Å². The lowest BCUT2D eigenvalue weighted by atomic mass is 9.80. The van der Waals surface area contributed by atoms with Gasteiger partial charge in [0.05, 0.1) is 45.2 Å². The fraction of sp³-hybridized carbons (Fsp3) is 0.0870. The van der Waals surface area contributed by atoms with E-state index in [0.29, 0.717) is 28.6 Å². The average Bonchev–Trinajstić information content (AvgIpc) is 4.19. The predicted molar refractivity (Wildman–Crippen MR) is 308 cm³/mol. The maximum atomic E-state index is 11.7. The number of para-hydroxylation sites is 2. The second kappa shape index (κ2) is 16.1. The standard InChI is InChI=1S/C69H47N7/c1-68(2)54-27-15-11-23-47(54)49-31-33-58-60(62(49)68)51-25-13-17-29-56(51)75(58)46-36-45(39-71-40-46)53-37-43(67-73-65(41-19-7-5-8-20-41)72-66(74-67)42-21-9-6-10-22-42)35-44(38-70)64(53)76-57-30-18-14-26-52(57)61-59(76)34-32-50-48-24-12-16-28-55(48)69(3,4)63(50)61/h5-37,39-40H,1-4H3. The zero-order valence-electron chi connectivity index (χ0n) is 42.3. The van der Waals surface area contributed by atoms with Crippen molar-refractivity contribution in [3.05, 3.63) is 240 Å². The van der Waals surface area contributed by atoms with E-state index in [2.05, 4.69) is 176 Å². The fourth-order valence-corrected chi connectivity index (χ4v) is 13.1. The van der Waals surface area contributed by atoms with Gasteiger partial charge in [-0.3, -0.25) is 4.98 Å². The Balaban J connectivity index is 1.02. The van der Waals surface area contributed by atoms with Crippen LogP contribution in [0.2, 0.25) is 0 Å². The van der Waals surface area contributed by atoms with Crippen LogP contribution in [0.15, 0.2) is 213 Å². The molecule has 0 amide bonds. The van der Waals surface area contributed by atoms with E-state index in [9.17, 15) is 5.26 Å². The minimum atomic E-state index is -0.282. The van der Waals surface area contributed by atoms with Gasteiger partial charge in [0.25, 0.3) is 0 Å². The Bertz CT molecular complexity index is 4590. The van der Waals surface area contributed by atoms with Gasteiger partial charge < -0.3 is 9.13 Å². The smallest absolute Gasteiger partial charge is 0.164 e. The van der Waals surface area contributed by atoms with E-state index in [1.54, 1.807) is 0 Å². The van der Waals surface area contributed by atoms with Crippen LogP contribution in [0, 0.1) is 11.3 Å². The third kappa shape index (κ3) is 6.16. The monoisotopic (exact) mass is 973 g/mol. The molecular formula is C69H47N7. The summed E-state index contributed by atoms with van der Waals surface area (Å²) in [7, 11) is 0. The number of nitriles is 1. The molecule has 0 spiro atoms. The van der Waals surface area contributed by atoms with Crippen LogP contribution in [0.3, 0.4) is 0 Å². The van der Waals surface area contributed by atoms with Crippen molar-refractivity contribution in [2.75, 3.05) is 0 Å². The van der Waals surface area contributed by atoms with Gasteiger partial charge in [-0.2, -0.15) is 5.26 Å². The maximum Gasteiger partial charge on any atom is 0.164 e. The van der Waals surface area contributed by atoms with Crippen molar-refractivity contribution in [2.24, 2.45) is 0 Å². The van der Waals surface area contributed by atoms with Crippen LogP contribution in [-0.4, -0.2) is 29.1 Å². The van der Waals surface area contributed by atoms with Crippen molar-refractivity contribution < 1.29 is 0 Å². The minimum Gasteiger partial charge on any atom is -0.308 e. The normalized spacial score (nSPS) is 13.7. The molecule has 0 atom stereocenters. The van der Waals surface area contributed by atoms with Gasteiger partial charge in [0.15, 0.2) is 17.5 Å². The molecule has 13 aromatic rings. The zero-order valence-corrected chi connectivity index (χ0v) is 42.3. The minimum absolute atomic E-state index is 0.222. The number of rotatable bonds is 6. The number of fused-ring (bicyclic) bond motifs is 14. The largest absolute Gasteiger partial charge is 0.308 e. The topological polar surface area (TPSA) is 85.2 Å². The number of benzene rings is 9. The highest BCUT2D eigenvalue weighted by Gasteiger charge is 2.40. The summed E-state index contributed by atoms with van der Waals surface area (Å²) in [5.41, 5.74) is 20.3. The molecule has 358 valence electrons. The van der Waals surface area contributed by atoms with E-state index in [0.717, 1.165) is 61.1 Å². The molecule has 76 heavy (non-hydrogen) atoms. The number of hydrogen-bond acceptors (Lipinski definition) is 5. The first-order chi connectivity index (χ1) is 37.2. The molecule has 4 heterocycles. The quantitative estimate of drug-likeness (QED) is 0.166. The Labute approximate surface area is 439 Å². The van der Waals surface area contributed by atoms with Crippen molar-refractivity contribution in [3.8, 4) is 85.0 Å². The maximum absolute atomic E-state index is 11.7. The van der Waals surface area contributed by atoms with Crippen molar-refractivity contribution >= 4 is 43.6 Å². The van der Waals surface area contributed by atoms with Crippen LogP contribution in [0.5, 0.6) is 0 Å². The van der Waals surface area contributed by atoms with E-state index in [-0.39, 0.29) is 10.8 Å². The highest BCUT2D eigenvalue weighted by Crippen LogP contribution is 2.55. The molecule has 7 heteroatoms. The third-order valence-electron chi connectivity index (χ3n) is 16.4. The molecule has 0 radical (unpaired) electrons.